The number of hydrogen-bond acceptors (Lipinski definition) is 3. The largest absolute Gasteiger partial charge is 0.352 e. The summed E-state index contributed by atoms with van der Waals surface area (Å²) in [6.07, 6.45) is 1.78. The summed E-state index contributed by atoms with van der Waals surface area (Å²) in [6.45, 7) is 3.62. The lowest BCUT2D eigenvalue weighted by atomic mass is 10.1. The molecule has 5 nitrogen and oxygen atoms in total. The maximum absolute atomic E-state index is 11.9. The Kier molecular flexibility index (Phi) is 6.11. The highest BCUT2D eigenvalue weighted by Gasteiger charge is 2.10. The van der Waals surface area contributed by atoms with E-state index >= 15 is 0 Å². The zero-order chi connectivity index (χ0) is 16.7. The summed E-state index contributed by atoms with van der Waals surface area (Å²) in [4.78, 5) is 23.6. The van der Waals surface area contributed by atoms with E-state index in [1.54, 1.807) is 22.9 Å². The van der Waals surface area contributed by atoms with Crippen LogP contribution in [-0.4, -0.2) is 24.1 Å². The fraction of sp³-hybridized carbons (Fsp3) is 0.333. The number of amides is 1. The van der Waals surface area contributed by atoms with Crippen LogP contribution in [0.25, 0.3) is 0 Å². The molecule has 0 saturated carbocycles. The third-order valence-corrected chi connectivity index (χ3v) is 3.70. The number of carbonyl (C=O) groups excluding carboxylic acids is 1. The predicted molar refractivity (Wildman–Crippen MR) is 91.2 cm³/mol. The van der Waals surface area contributed by atoms with E-state index in [1.807, 2.05) is 44.3 Å². The third kappa shape index (κ3) is 5.07. The fourth-order valence-electron chi connectivity index (χ4n) is 2.31. The molecule has 0 radical (unpaired) electrons. The molecule has 0 bridgehead atoms. The summed E-state index contributed by atoms with van der Waals surface area (Å²) in [5.41, 5.74) is 2.08. The van der Waals surface area contributed by atoms with Crippen molar-refractivity contribution in [2.45, 2.75) is 20.0 Å². The SMILES string of the molecule is CNCC(C)C(=O)NCc1ccc(Cn2ccccc2=O)cc1. The fourth-order valence-corrected chi connectivity index (χ4v) is 2.31. The molecule has 0 aliphatic carbocycles. The number of hydrogen-bond donors (Lipinski definition) is 2. The molecule has 2 N–H and O–H groups in total. The Morgan fingerprint density at radius 1 is 1.13 bits per heavy atom. The van der Waals surface area contributed by atoms with Crippen molar-refractivity contribution >= 4 is 5.91 Å². The Labute approximate surface area is 136 Å². The lowest BCUT2D eigenvalue weighted by Crippen LogP contribution is -2.33. The molecule has 1 atom stereocenters. The molecule has 23 heavy (non-hydrogen) atoms. The van der Waals surface area contributed by atoms with Gasteiger partial charge in [0.25, 0.3) is 5.56 Å². The van der Waals surface area contributed by atoms with Crippen molar-refractivity contribution in [3.63, 3.8) is 0 Å². The molecule has 1 aromatic carbocycles. The molecule has 0 fully saturated rings. The minimum Gasteiger partial charge on any atom is -0.352 e. The first kappa shape index (κ1) is 17.0. The van der Waals surface area contributed by atoms with Crippen LogP contribution in [0.1, 0.15) is 18.1 Å². The quantitative estimate of drug-likeness (QED) is 0.811. The molecular weight excluding hydrogens is 290 g/mol. The first-order valence-corrected chi connectivity index (χ1v) is 7.75. The highest BCUT2D eigenvalue weighted by atomic mass is 16.2. The van der Waals surface area contributed by atoms with E-state index in [2.05, 4.69) is 10.6 Å². The van der Waals surface area contributed by atoms with Crippen molar-refractivity contribution < 1.29 is 4.79 Å². The van der Waals surface area contributed by atoms with E-state index in [4.69, 9.17) is 0 Å². The third-order valence-electron chi connectivity index (χ3n) is 3.70. The Morgan fingerprint density at radius 3 is 2.48 bits per heavy atom. The molecule has 1 aromatic heterocycles. The van der Waals surface area contributed by atoms with E-state index < -0.39 is 0 Å². The molecular formula is C18H23N3O2. The molecule has 0 aliphatic rings. The van der Waals surface area contributed by atoms with E-state index in [0.717, 1.165) is 11.1 Å². The van der Waals surface area contributed by atoms with Crippen LogP contribution in [0.3, 0.4) is 0 Å². The van der Waals surface area contributed by atoms with Crippen LogP contribution >= 0.6 is 0 Å². The van der Waals surface area contributed by atoms with E-state index in [-0.39, 0.29) is 17.4 Å². The smallest absolute Gasteiger partial charge is 0.250 e. The van der Waals surface area contributed by atoms with Crippen molar-refractivity contribution in [3.8, 4) is 0 Å². The van der Waals surface area contributed by atoms with Gasteiger partial charge in [-0.3, -0.25) is 9.59 Å². The molecule has 1 heterocycles. The lowest BCUT2D eigenvalue weighted by molar-refractivity contribution is -0.124. The van der Waals surface area contributed by atoms with Crippen LogP contribution in [0.5, 0.6) is 0 Å². The summed E-state index contributed by atoms with van der Waals surface area (Å²) >= 11 is 0. The number of carbonyl (C=O) groups is 1. The molecule has 2 aromatic rings. The highest BCUT2D eigenvalue weighted by Crippen LogP contribution is 2.06. The normalized spacial score (nSPS) is 11.9. The van der Waals surface area contributed by atoms with Crippen LogP contribution in [0.15, 0.2) is 53.5 Å². The van der Waals surface area contributed by atoms with Crippen molar-refractivity contribution in [3.05, 3.63) is 70.1 Å². The number of pyridine rings is 1. The van der Waals surface area contributed by atoms with Gasteiger partial charge in [0.05, 0.1) is 6.54 Å². The van der Waals surface area contributed by atoms with Crippen molar-refractivity contribution in [2.24, 2.45) is 5.92 Å². The number of aromatic nitrogens is 1. The second kappa shape index (κ2) is 8.29. The van der Waals surface area contributed by atoms with Gasteiger partial charge in [-0.25, -0.2) is 0 Å². The molecule has 5 heteroatoms. The van der Waals surface area contributed by atoms with Gasteiger partial charge in [0.2, 0.25) is 5.91 Å². The average molecular weight is 313 g/mol. The van der Waals surface area contributed by atoms with Gasteiger partial charge < -0.3 is 15.2 Å². The molecule has 1 amide bonds. The Balaban J connectivity index is 1.91. The molecule has 0 saturated heterocycles. The maximum Gasteiger partial charge on any atom is 0.250 e. The summed E-state index contributed by atoms with van der Waals surface area (Å²) in [5.74, 6) is -0.0107. The van der Waals surface area contributed by atoms with Crippen LogP contribution in [0.2, 0.25) is 0 Å². The maximum atomic E-state index is 11.9. The van der Waals surface area contributed by atoms with Crippen molar-refractivity contribution in [1.82, 2.24) is 15.2 Å². The number of benzene rings is 1. The van der Waals surface area contributed by atoms with Gasteiger partial charge in [-0.1, -0.05) is 37.3 Å². The summed E-state index contributed by atoms with van der Waals surface area (Å²) in [6, 6.07) is 13.1. The van der Waals surface area contributed by atoms with Crippen molar-refractivity contribution in [2.75, 3.05) is 13.6 Å². The predicted octanol–water partition coefficient (Wildman–Crippen LogP) is 1.37. The minimum atomic E-state index is -0.0516. The first-order chi connectivity index (χ1) is 11.1. The van der Waals surface area contributed by atoms with E-state index in [9.17, 15) is 9.59 Å². The average Bonchev–Trinajstić information content (AvgIpc) is 2.56. The van der Waals surface area contributed by atoms with E-state index in [0.29, 0.717) is 19.6 Å². The van der Waals surface area contributed by atoms with E-state index in [1.165, 1.54) is 0 Å². The van der Waals surface area contributed by atoms with Crippen LogP contribution < -0.4 is 16.2 Å². The summed E-state index contributed by atoms with van der Waals surface area (Å²) < 4.78 is 1.66. The van der Waals surface area contributed by atoms with Gasteiger partial charge in [-0.05, 0) is 24.2 Å². The Hall–Kier alpha value is -2.40. The second-order valence-electron chi connectivity index (χ2n) is 5.66. The number of rotatable bonds is 7. The van der Waals surface area contributed by atoms with Crippen LogP contribution in [0, 0.1) is 5.92 Å². The number of nitrogens with zero attached hydrogens (tertiary/aromatic N) is 1. The highest BCUT2D eigenvalue weighted by molar-refractivity contribution is 5.78. The molecule has 122 valence electrons. The van der Waals surface area contributed by atoms with Gasteiger partial charge in [0.1, 0.15) is 0 Å². The van der Waals surface area contributed by atoms with Gasteiger partial charge in [0, 0.05) is 31.3 Å². The monoisotopic (exact) mass is 313 g/mol. The zero-order valence-electron chi connectivity index (χ0n) is 13.6. The first-order valence-electron chi connectivity index (χ1n) is 7.75. The summed E-state index contributed by atoms with van der Waals surface area (Å²) in [7, 11) is 1.83. The molecule has 1 unspecified atom stereocenters. The standard InChI is InChI=1S/C18H23N3O2/c1-14(11-19-2)18(23)20-12-15-6-8-16(9-7-15)13-21-10-4-3-5-17(21)22/h3-10,14,19H,11-13H2,1-2H3,(H,20,23). The zero-order valence-corrected chi connectivity index (χ0v) is 13.6. The molecule has 2 rings (SSSR count). The van der Waals surface area contributed by atoms with Gasteiger partial charge in [-0.15, -0.1) is 0 Å². The van der Waals surface area contributed by atoms with Gasteiger partial charge in [-0.2, -0.15) is 0 Å². The second-order valence-corrected chi connectivity index (χ2v) is 5.66. The van der Waals surface area contributed by atoms with Gasteiger partial charge in [0.15, 0.2) is 0 Å². The van der Waals surface area contributed by atoms with Gasteiger partial charge >= 0.3 is 0 Å². The Morgan fingerprint density at radius 2 is 1.83 bits per heavy atom. The summed E-state index contributed by atoms with van der Waals surface area (Å²) in [5, 5.41) is 5.92. The Bertz CT molecular complexity index is 692. The molecule has 0 spiro atoms. The lowest BCUT2D eigenvalue weighted by Gasteiger charge is -2.12. The number of nitrogens with one attached hydrogen (secondary N) is 2. The molecule has 0 aliphatic heterocycles. The van der Waals surface area contributed by atoms with Crippen LogP contribution in [0.4, 0.5) is 0 Å². The van der Waals surface area contributed by atoms with Crippen LogP contribution in [-0.2, 0) is 17.9 Å². The minimum absolute atomic E-state index is 0.0117. The van der Waals surface area contributed by atoms with Crippen molar-refractivity contribution in [1.29, 1.82) is 0 Å². The topological polar surface area (TPSA) is 63.1 Å².